The third-order valence-electron chi connectivity index (χ3n) is 4.24. The molecule has 0 spiro atoms. The summed E-state index contributed by atoms with van der Waals surface area (Å²) in [6.45, 7) is 5.19. The number of aromatic nitrogens is 2. The van der Waals surface area contributed by atoms with Crippen LogP contribution in [0.2, 0.25) is 0 Å². The molecule has 2 rings (SSSR count). The highest BCUT2D eigenvalue weighted by atomic mass is 32.2. The molecule has 26 heavy (non-hydrogen) atoms. The molecule has 1 N–H and O–H groups in total. The minimum absolute atomic E-state index is 0.0328. The minimum atomic E-state index is -0.0744. The predicted molar refractivity (Wildman–Crippen MR) is 106 cm³/mol. The third kappa shape index (κ3) is 5.32. The van der Waals surface area contributed by atoms with Crippen LogP contribution in [0.15, 0.2) is 34.2 Å². The Hall–Kier alpha value is -1.86. The SMILES string of the molecule is CCC(CC)NC(=O)CSc1nc2ccccc2c(=O)n1CCCOC. The van der Waals surface area contributed by atoms with Crippen molar-refractivity contribution < 1.29 is 9.53 Å². The van der Waals surface area contributed by atoms with Gasteiger partial charge in [0.1, 0.15) is 0 Å². The average molecular weight is 378 g/mol. The fraction of sp³-hybridized carbons (Fsp3) is 0.526. The summed E-state index contributed by atoms with van der Waals surface area (Å²) in [6.07, 6.45) is 2.52. The number of carbonyl (C=O) groups is 1. The van der Waals surface area contributed by atoms with E-state index in [1.54, 1.807) is 17.7 Å². The lowest BCUT2D eigenvalue weighted by molar-refractivity contribution is -0.119. The van der Waals surface area contributed by atoms with Gasteiger partial charge in [0.2, 0.25) is 5.91 Å². The van der Waals surface area contributed by atoms with Crippen LogP contribution in [0.3, 0.4) is 0 Å². The van der Waals surface area contributed by atoms with Gasteiger partial charge in [-0.05, 0) is 31.4 Å². The number of carbonyl (C=O) groups excluding carboxylic acids is 1. The topological polar surface area (TPSA) is 73.2 Å². The Kier molecular flexibility index (Phi) is 8.12. The molecular weight excluding hydrogens is 350 g/mol. The first-order valence-corrected chi connectivity index (χ1v) is 9.99. The van der Waals surface area contributed by atoms with Crippen LogP contribution in [0.4, 0.5) is 0 Å². The number of rotatable bonds is 10. The van der Waals surface area contributed by atoms with Crippen molar-refractivity contribution in [2.75, 3.05) is 19.5 Å². The number of thioether (sulfide) groups is 1. The summed E-state index contributed by atoms with van der Waals surface area (Å²) in [6, 6.07) is 7.49. The summed E-state index contributed by atoms with van der Waals surface area (Å²) < 4.78 is 6.74. The van der Waals surface area contributed by atoms with Gasteiger partial charge in [-0.3, -0.25) is 14.2 Å². The molecule has 0 radical (unpaired) electrons. The van der Waals surface area contributed by atoms with Crippen molar-refractivity contribution >= 4 is 28.6 Å². The van der Waals surface area contributed by atoms with Crippen LogP contribution in [0.1, 0.15) is 33.1 Å². The van der Waals surface area contributed by atoms with Crippen molar-refractivity contribution in [1.29, 1.82) is 0 Å². The van der Waals surface area contributed by atoms with Gasteiger partial charge in [-0.15, -0.1) is 0 Å². The number of fused-ring (bicyclic) bond motifs is 1. The quantitative estimate of drug-likeness (QED) is 0.392. The zero-order valence-electron chi connectivity index (χ0n) is 15.7. The number of methoxy groups -OCH3 is 1. The van der Waals surface area contributed by atoms with Crippen molar-refractivity contribution in [3.05, 3.63) is 34.6 Å². The summed E-state index contributed by atoms with van der Waals surface area (Å²) in [5.74, 6) is 0.209. The van der Waals surface area contributed by atoms with Gasteiger partial charge in [0, 0.05) is 26.3 Å². The van der Waals surface area contributed by atoms with Crippen LogP contribution in [0.5, 0.6) is 0 Å². The zero-order chi connectivity index (χ0) is 18.9. The molecular formula is C19H27N3O3S. The number of hydrogen-bond donors (Lipinski definition) is 1. The van der Waals surface area contributed by atoms with E-state index in [1.807, 2.05) is 18.2 Å². The first kappa shape index (κ1) is 20.5. The predicted octanol–water partition coefficient (Wildman–Crippen LogP) is 2.83. The maximum absolute atomic E-state index is 12.8. The zero-order valence-corrected chi connectivity index (χ0v) is 16.5. The molecule has 0 unspecified atom stereocenters. The first-order chi connectivity index (χ1) is 12.6. The second kappa shape index (κ2) is 10.3. The van der Waals surface area contributed by atoms with Crippen LogP contribution in [0, 0.1) is 0 Å². The molecule has 0 saturated heterocycles. The van der Waals surface area contributed by atoms with E-state index in [-0.39, 0.29) is 23.3 Å². The summed E-state index contributed by atoms with van der Waals surface area (Å²) >= 11 is 1.30. The molecule has 1 aromatic heterocycles. The van der Waals surface area contributed by atoms with E-state index < -0.39 is 0 Å². The molecule has 0 bridgehead atoms. The van der Waals surface area contributed by atoms with Gasteiger partial charge in [-0.2, -0.15) is 0 Å². The largest absolute Gasteiger partial charge is 0.385 e. The normalized spacial score (nSPS) is 11.2. The molecule has 0 fully saturated rings. The molecule has 1 aromatic carbocycles. The monoisotopic (exact) mass is 377 g/mol. The van der Waals surface area contributed by atoms with E-state index in [9.17, 15) is 9.59 Å². The molecule has 142 valence electrons. The lowest BCUT2D eigenvalue weighted by atomic mass is 10.2. The molecule has 1 amide bonds. The van der Waals surface area contributed by atoms with Crippen LogP contribution in [-0.4, -0.2) is 41.0 Å². The van der Waals surface area contributed by atoms with Crippen molar-refractivity contribution in [2.45, 2.75) is 50.9 Å². The molecule has 1 heterocycles. The van der Waals surface area contributed by atoms with Gasteiger partial charge in [-0.1, -0.05) is 37.7 Å². The van der Waals surface area contributed by atoms with Crippen molar-refractivity contribution in [3.8, 4) is 0 Å². The van der Waals surface area contributed by atoms with E-state index in [2.05, 4.69) is 24.1 Å². The van der Waals surface area contributed by atoms with Crippen LogP contribution in [0.25, 0.3) is 10.9 Å². The Bertz CT molecular complexity index is 787. The molecule has 2 aromatic rings. The highest BCUT2D eigenvalue weighted by Crippen LogP contribution is 2.18. The number of amides is 1. The molecule has 0 atom stereocenters. The number of para-hydroxylation sites is 1. The van der Waals surface area contributed by atoms with E-state index in [1.165, 1.54) is 11.8 Å². The molecule has 6 nitrogen and oxygen atoms in total. The van der Waals surface area contributed by atoms with Crippen LogP contribution < -0.4 is 10.9 Å². The number of nitrogens with zero attached hydrogens (tertiary/aromatic N) is 2. The summed E-state index contributed by atoms with van der Waals surface area (Å²) in [7, 11) is 1.64. The minimum Gasteiger partial charge on any atom is -0.385 e. The summed E-state index contributed by atoms with van der Waals surface area (Å²) in [5.41, 5.74) is 0.581. The third-order valence-corrected chi connectivity index (χ3v) is 5.22. The summed E-state index contributed by atoms with van der Waals surface area (Å²) in [5, 5.41) is 4.18. The van der Waals surface area contributed by atoms with E-state index in [0.29, 0.717) is 35.6 Å². The number of benzene rings is 1. The standard InChI is InChI=1S/C19H27N3O3S/c1-4-14(5-2)20-17(23)13-26-19-21-16-10-7-6-9-15(16)18(24)22(19)11-8-12-25-3/h6-7,9-10,14H,4-5,8,11-13H2,1-3H3,(H,20,23). The Morgan fingerprint density at radius 2 is 2.04 bits per heavy atom. The van der Waals surface area contributed by atoms with Gasteiger partial charge >= 0.3 is 0 Å². The lowest BCUT2D eigenvalue weighted by Crippen LogP contribution is -2.35. The molecule has 0 aliphatic carbocycles. The van der Waals surface area contributed by atoms with Gasteiger partial charge in [0.05, 0.1) is 16.7 Å². The van der Waals surface area contributed by atoms with Gasteiger partial charge in [-0.25, -0.2) is 4.98 Å². The Morgan fingerprint density at radius 1 is 1.31 bits per heavy atom. The fourth-order valence-electron chi connectivity index (χ4n) is 2.71. The summed E-state index contributed by atoms with van der Waals surface area (Å²) in [4.78, 5) is 29.6. The lowest BCUT2D eigenvalue weighted by Gasteiger charge is -2.15. The Balaban J connectivity index is 2.22. The Morgan fingerprint density at radius 3 is 2.73 bits per heavy atom. The number of hydrogen-bond acceptors (Lipinski definition) is 5. The first-order valence-electron chi connectivity index (χ1n) is 9.01. The highest BCUT2D eigenvalue weighted by Gasteiger charge is 2.14. The van der Waals surface area contributed by atoms with Gasteiger partial charge in [0.15, 0.2) is 5.16 Å². The van der Waals surface area contributed by atoms with Crippen molar-refractivity contribution in [3.63, 3.8) is 0 Å². The second-order valence-corrected chi connectivity index (χ2v) is 7.03. The number of ether oxygens (including phenoxy) is 1. The highest BCUT2D eigenvalue weighted by molar-refractivity contribution is 7.99. The van der Waals surface area contributed by atoms with Crippen molar-refractivity contribution in [2.24, 2.45) is 0 Å². The molecule has 0 aliphatic rings. The van der Waals surface area contributed by atoms with E-state index in [0.717, 1.165) is 12.8 Å². The van der Waals surface area contributed by atoms with E-state index >= 15 is 0 Å². The maximum Gasteiger partial charge on any atom is 0.262 e. The van der Waals surface area contributed by atoms with Crippen LogP contribution >= 0.6 is 11.8 Å². The molecule has 7 heteroatoms. The van der Waals surface area contributed by atoms with Crippen molar-refractivity contribution in [1.82, 2.24) is 14.9 Å². The fourth-order valence-corrected chi connectivity index (χ4v) is 3.55. The molecule has 0 saturated carbocycles. The van der Waals surface area contributed by atoms with Crippen LogP contribution in [-0.2, 0) is 16.1 Å². The van der Waals surface area contributed by atoms with E-state index in [4.69, 9.17) is 4.74 Å². The Labute approximate surface area is 158 Å². The number of nitrogens with one attached hydrogen (secondary N) is 1. The second-order valence-electron chi connectivity index (χ2n) is 6.08. The molecule has 0 aliphatic heterocycles. The average Bonchev–Trinajstić information content (AvgIpc) is 2.66. The maximum atomic E-state index is 12.8. The smallest absolute Gasteiger partial charge is 0.262 e. The van der Waals surface area contributed by atoms with Gasteiger partial charge in [0.25, 0.3) is 5.56 Å². The van der Waals surface area contributed by atoms with Gasteiger partial charge < -0.3 is 10.1 Å².